The van der Waals surface area contributed by atoms with E-state index < -0.39 is 18.1 Å². The van der Waals surface area contributed by atoms with Gasteiger partial charge in [-0.2, -0.15) is 0 Å². The summed E-state index contributed by atoms with van der Waals surface area (Å²) < 4.78 is 1.22. The molecule has 0 saturated heterocycles. The molecule has 7 nitrogen and oxygen atoms in total. The Bertz CT molecular complexity index is 1020. The highest BCUT2D eigenvalue weighted by atomic mass is 35.5. The number of halogens is 1. The molecule has 3 rings (SSSR count). The maximum Gasteiger partial charge on any atom is 0.323 e. The van der Waals surface area contributed by atoms with Crippen molar-refractivity contribution in [3.05, 3.63) is 82.3 Å². The Morgan fingerprint density at radius 3 is 2.52 bits per heavy atom. The third-order valence-corrected chi connectivity index (χ3v) is 4.36. The molecule has 0 amide bonds. The van der Waals surface area contributed by atoms with E-state index in [1.807, 2.05) is 48.5 Å². The Hall–Kier alpha value is -3.16. The summed E-state index contributed by atoms with van der Waals surface area (Å²) >= 11 is 0. The molecule has 0 aliphatic rings. The average molecular weight is 415 g/mol. The van der Waals surface area contributed by atoms with Crippen LogP contribution in [0.25, 0.3) is 11.3 Å². The largest absolute Gasteiger partial charge is 0.480 e. The van der Waals surface area contributed by atoms with E-state index in [1.54, 1.807) is 6.07 Å². The van der Waals surface area contributed by atoms with Crippen LogP contribution in [0, 0.1) is 0 Å². The van der Waals surface area contributed by atoms with Gasteiger partial charge in [-0.05, 0) is 23.6 Å². The van der Waals surface area contributed by atoms with E-state index in [-0.39, 0.29) is 18.2 Å². The van der Waals surface area contributed by atoms with Gasteiger partial charge in [0.2, 0.25) is 0 Å². The maximum absolute atomic E-state index is 12.8. The Kier molecular flexibility index (Phi) is 7.94. The molecule has 4 N–H and O–H groups in total. The second kappa shape index (κ2) is 10.4. The average Bonchev–Trinajstić information content (AvgIpc) is 2.71. The van der Waals surface area contributed by atoms with E-state index in [4.69, 9.17) is 5.73 Å². The van der Waals surface area contributed by atoms with Crippen molar-refractivity contribution in [2.75, 3.05) is 11.9 Å². The first-order valence-corrected chi connectivity index (χ1v) is 8.97. The Morgan fingerprint density at radius 1 is 1.10 bits per heavy atom. The summed E-state index contributed by atoms with van der Waals surface area (Å²) in [6.45, 7) is 0.418. The predicted molar refractivity (Wildman–Crippen MR) is 115 cm³/mol. The highest BCUT2D eigenvalue weighted by Gasteiger charge is 2.14. The summed E-state index contributed by atoms with van der Waals surface area (Å²) in [5.74, 6) is -0.962. The smallest absolute Gasteiger partial charge is 0.323 e. The number of nitrogens with two attached hydrogens (primary N) is 1. The van der Waals surface area contributed by atoms with Crippen LogP contribution < -0.4 is 16.6 Å². The third-order valence-electron chi connectivity index (χ3n) is 4.36. The second-order valence-corrected chi connectivity index (χ2v) is 6.34. The van der Waals surface area contributed by atoms with Crippen molar-refractivity contribution in [1.29, 1.82) is 0 Å². The number of nitrogens with one attached hydrogen (secondary N) is 1. The molecule has 0 aliphatic heterocycles. The van der Waals surface area contributed by atoms with Gasteiger partial charge in [-0.3, -0.25) is 14.2 Å². The zero-order valence-corrected chi connectivity index (χ0v) is 16.6. The molecule has 2 aromatic carbocycles. The molecule has 0 bridgehead atoms. The number of carboxylic acids is 1. The Balaban J connectivity index is 0.00000300. The van der Waals surface area contributed by atoms with Gasteiger partial charge in [0.05, 0.1) is 11.9 Å². The first kappa shape index (κ1) is 22.1. The van der Waals surface area contributed by atoms with Crippen LogP contribution in [0.1, 0.15) is 11.1 Å². The third kappa shape index (κ3) is 5.66. The molecule has 0 atom stereocenters. The molecule has 8 heteroatoms. The minimum atomic E-state index is -1.10. The number of carboxylic acid groups (broad SMARTS) is 1. The van der Waals surface area contributed by atoms with E-state index in [9.17, 15) is 14.7 Å². The SMILES string of the molecule is Cl.NCc1cccc(-c2cnc(NCCc3ccccc3)c(=O)n2CC(=O)O)c1. The zero-order valence-electron chi connectivity index (χ0n) is 15.7. The van der Waals surface area contributed by atoms with Crippen molar-refractivity contribution < 1.29 is 9.90 Å². The summed E-state index contributed by atoms with van der Waals surface area (Å²) in [5, 5.41) is 12.3. The van der Waals surface area contributed by atoms with E-state index in [2.05, 4.69) is 10.3 Å². The van der Waals surface area contributed by atoms with Crippen molar-refractivity contribution in [3.8, 4) is 11.3 Å². The van der Waals surface area contributed by atoms with Gasteiger partial charge in [0.25, 0.3) is 5.56 Å². The van der Waals surface area contributed by atoms with E-state index >= 15 is 0 Å². The van der Waals surface area contributed by atoms with Gasteiger partial charge in [0.1, 0.15) is 6.54 Å². The van der Waals surface area contributed by atoms with Crippen LogP contribution >= 0.6 is 12.4 Å². The molecule has 0 aliphatic carbocycles. The lowest BCUT2D eigenvalue weighted by Crippen LogP contribution is -2.29. The fourth-order valence-corrected chi connectivity index (χ4v) is 2.96. The molecule has 29 heavy (non-hydrogen) atoms. The monoisotopic (exact) mass is 414 g/mol. The standard InChI is InChI=1S/C21H22N4O3.ClH/c22-12-16-7-4-8-17(11-16)18-13-24-20(21(28)25(18)14-19(26)27)23-10-9-15-5-2-1-3-6-15;/h1-8,11,13H,9-10,12,14,22H2,(H,23,24)(H,26,27);1H. The van der Waals surface area contributed by atoms with Gasteiger partial charge in [-0.15, -0.1) is 12.4 Å². The maximum atomic E-state index is 12.8. The van der Waals surface area contributed by atoms with Gasteiger partial charge >= 0.3 is 5.97 Å². The van der Waals surface area contributed by atoms with Crippen molar-refractivity contribution >= 4 is 24.2 Å². The normalized spacial score (nSPS) is 10.2. The summed E-state index contributed by atoms with van der Waals surface area (Å²) in [5.41, 5.74) is 8.38. The van der Waals surface area contributed by atoms with Gasteiger partial charge in [0.15, 0.2) is 5.82 Å². The molecular weight excluding hydrogens is 392 g/mol. The number of hydrogen-bond donors (Lipinski definition) is 3. The minimum absolute atomic E-state index is 0. The number of nitrogens with zero attached hydrogens (tertiary/aromatic N) is 2. The zero-order chi connectivity index (χ0) is 19.9. The lowest BCUT2D eigenvalue weighted by atomic mass is 10.1. The summed E-state index contributed by atoms with van der Waals surface area (Å²) in [4.78, 5) is 28.4. The number of anilines is 1. The van der Waals surface area contributed by atoms with Crippen LogP contribution in [-0.4, -0.2) is 27.2 Å². The number of aliphatic carboxylic acids is 1. The molecule has 152 valence electrons. The highest BCUT2D eigenvalue weighted by Crippen LogP contribution is 2.19. The van der Waals surface area contributed by atoms with Gasteiger partial charge in [-0.1, -0.05) is 48.5 Å². The number of aromatic nitrogens is 2. The molecule has 1 aromatic heterocycles. The summed E-state index contributed by atoms with van der Waals surface area (Å²) in [6.07, 6.45) is 2.24. The van der Waals surface area contributed by atoms with Crippen LogP contribution in [0.4, 0.5) is 5.82 Å². The number of benzene rings is 2. The molecule has 0 spiro atoms. The first-order chi connectivity index (χ1) is 13.6. The second-order valence-electron chi connectivity index (χ2n) is 6.34. The first-order valence-electron chi connectivity index (χ1n) is 8.97. The fourth-order valence-electron chi connectivity index (χ4n) is 2.96. The molecule has 0 unspecified atom stereocenters. The van der Waals surface area contributed by atoms with Crippen LogP contribution in [0.5, 0.6) is 0 Å². The van der Waals surface area contributed by atoms with Crippen molar-refractivity contribution in [2.24, 2.45) is 5.73 Å². The Labute approximate surface area is 174 Å². The highest BCUT2D eigenvalue weighted by molar-refractivity contribution is 5.85. The molecule has 0 saturated carbocycles. The van der Waals surface area contributed by atoms with Crippen LogP contribution in [0.2, 0.25) is 0 Å². The quantitative estimate of drug-likeness (QED) is 0.522. The Morgan fingerprint density at radius 2 is 1.83 bits per heavy atom. The number of carbonyl (C=O) groups is 1. The predicted octanol–water partition coefficient (Wildman–Crippen LogP) is 2.53. The van der Waals surface area contributed by atoms with Crippen LogP contribution in [0.3, 0.4) is 0 Å². The summed E-state index contributed by atoms with van der Waals surface area (Å²) in [7, 11) is 0. The topological polar surface area (TPSA) is 110 Å². The van der Waals surface area contributed by atoms with Crippen molar-refractivity contribution in [2.45, 2.75) is 19.5 Å². The lowest BCUT2D eigenvalue weighted by molar-refractivity contribution is -0.137. The fraction of sp³-hybridized carbons (Fsp3) is 0.190. The van der Waals surface area contributed by atoms with E-state index in [1.165, 1.54) is 10.8 Å². The van der Waals surface area contributed by atoms with Crippen LogP contribution in [-0.2, 0) is 24.3 Å². The molecule has 3 aromatic rings. The van der Waals surface area contributed by atoms with Gasteiger partial charge < -0.3 is 16.2 Å². The van der Waals surface area contributed by atoms with Crippen LogP contribution in [0.15, 0.2) is 65.6 Å². The molecule has 0 fully saturated rings. The molecule has 1 heterocycles. The van der Waals surface area contributed by atoms with Gasteiger partial charge in [-0.25, -0.2) is 4.98 Å². The molecular formula is C21H23ClN4O3. The van der Waals surface area contributed by atoms with E-state index in [0.717, 1.165) is 17.5 Å². The molecule has 0 radical (unpaired) electrons. The minimum Gasteiger partial charge on any atom is -0.480 e. The number of rotatable bonds is 8. The van der Waals surface area contributed by atoms with Gasteiger partial charge in [0, 0.05) is 18.7 Å². The van der Waals surface area contributed by atoms with Crippen molar-refractivity contribution in [3.63, 3.8) is 0 Å². The van der Waals surface area contributed by atoms with Crippen molar-refractivity contribution in [1.82, 2.24) is 9.55 Å². The van der Waals surface area contributed by atoms with E-state index in [0.29, 0.717) is 24.3 Å². The summed E-state index contributed by atoms with van der Waals surface area (Å²) in [6, 6.07) is 17.2. The number of hydrogen-bond acceptors (Lipinski definition) is 5. The lowest BCUT2D eigenvalue weighted by Gasteiger charge is -2.14.